The zero-order valence-electron chi connectivity index (χ0n) is 10.6. The van der Waals surface area contributed by atoms with Gasteiger partial charge in [0.1, 0.15) is 6.61 Å². The van der Waals surface area contributed by atoms with Gasteiger partial charge >= 0.3 is 0 Å². The maximum Gasteiger partial charge on any atom is 0.165 e. The molecule has 0 spiro atoms. The highest BCUT2D eigenvalue weighted by Gasteiger charge is 2.10. The highest BCUT2D eigenvalue weighted by molar-refractivity contribution is 9.08. The highest BCUT2D eigenvalue weighted by atomic mass is 79.9. The van der Waals surface area contributed by atoms with E-state index in [-0.39, 0.29) is 5.82 Å². The Morgan fingerprint density at radius 2 is 1.90 bits per heavy atom. The number of thiophene rings is 1. The molecule has 0 unspecified atom stereocenters. The lowest BCUT2D eigenvalue weighted by Gasteiger charge is -2.10. The molecule has 0 aliphatic carbocycles. The highest BCUT2D eigenvalue weighted by Crippen LogP contribution is 2.29. The molecule has 0 atom stereocenters. The van der Waals surface area contributed by atoms with Crippen LogP contribution in [0.25, 0.3) is 10.1 Å². The number of halogens is 2. The van der Waals surface area contributed by atoms with Crippen LogP contribution in [0.5, 0.6) is 5.75 Å². The van der Waals surface area contributed by atoms with E-state index in [1.165, 1.54) is 16.2 Å². The lowest BCUT2D eigenvalue weighted by atomic mass is 10.2. The predicted molar refractivity (Wildman–Crippen MR) is 85.2 cm³/mol. The fourth-order valence-electron chi connectivity index (χ4n) is 2.11. The van der Waals surface area contributed by atoms with Crippen molar-refractivity contribution in [2.75, 3.05) is 0 Å². The van der Waals surface area contributed by atoms with E-state index in [2.05, 4.69) is 33.4 Å². The van der Waals surface area contributed by atoms with Crippen molar-refractivity contribution < 1.29 is 9.13 Å². The molecule has 102 valence electrons. The first-order chi connectivity index (χ1) is 9.79. The van der Waals surface area contributed by atoms with Crippen molar-refractivity contribution in [3.8, 4) is 5.75 Å². The van der Waals surface area contributed by atoms with Crippen molar-refractivity contribution in [2.45, 2.75) is 11.9 Å². The zero-order valence-corrected chi connectivity index (χ0v) is 13.0. The van der Waals surface area contributed by atoms with E-state index >= 15 is 0 Å². The predicted octanol–water partition coefficient (Wildman–Crippen LogP) is 5.51. The molecule has 4 heteroatoms. The summed E-state index contributed by atoms with van der Waals surface area (Å²) >= 11 is 5.04. The normalized spacial score (nSPS) is 10.9. The first kappa shape index (κ1) is 13.6. The van der Waals surface area contributed by atoms with Gasteiger partial charge in [-0.1, -0.05) is 46.3 Å². The van der Waals surface area contributed by atoms with Crippen LogP contribution in [0, 0.1) is 5.82 Å². The maximum atomic E-state index is 13.8. The summed E-state index contributed by atoms with van der Waals surface area (Å²) in [5, 5.41) is 3.82. The van der Waals surface area contributed by atoms with Crippen LogP contribution < -0.4 is 4.74 Å². The number of fused-ring (bicyclic) bond motifs is 1. The molecule has 0 radical (unpaired) electrons. The molecule has 0 N–H and O–H groups in total. The Hall–Kier alpha value is -1.39. The summed E-state index contributed by atoms with van der Waals surface area (Å²) in [6.07, 6.45) is 0. The number of ether oxygens (including phenoxy) is 1. The average molecular weight is 351 g/mol. The molecule has 3 aromatic rings. The van der Waals surface area contributed by atoms with Crippen LogP contribution in [0.3, 0.4) is 0 Å². The van der Waals surface area contributed by atoms with Gasteiger partial charge in [-0.3, -0.25) is 0 Å². The van der Waals surface area contributed by atoms with Crippen molar-refractivity contribution in [3.05, 3.63) is 64.8 Å². The van der Waals surface area contributed by atoms with Crippen LogP contribution in [-0.4, -0.2) is 0 Å². The molecule has 1 aromatic heterocycles. The largest absolute Gasteiger partial charge is 0.485 e. The second-order valence-electron chi connectivity index (χ2n) is 4.41. The molecule has 3 rings (SSSR count). The van der Waals surface area contributed by atoms with E-state index in [9.17, 15) is 4.39 Å². The summed E-state index contributed by atoms with van der Waals surface area (Å²) in [4.78, 5) is 0. The van der Waals surface area contributed by atoms with Crippen molar-refractivity contribution in [2.24, 2.45) is 0 Å². The van der Waals surface area contributed by atoms with Gasteiger partial charge in [-0.25, -0.2) is 4.39 Å². The van der Waals surface area contributed by atoms with Gasteiger partial charge in [-0.2, -0.15) is 0 Å². The standard InChI is InChI=1S/C16H12BrFOS/c17-8-11-4-3-6-14(18)16(11)19-9-12-10-20-15-7-2-1-5-13(12)15/h1-7,10H,8-9H2. The quantitative estimate of drug-likeness (QED) is 0.563. The van der Waals surface area contributed by atoms with Crippen LogP contribution in [0.4, 0.5) is 4.39 Å². The number of hydrogen-bond acceptors (Lipinski definition) is 2. The first-order valence-electron chi connectivity index (χ1n) is 6.21. The molecule has 0 amide bonds. The SMILES string of the molecule is Fc1cccc(CBr)c1OCc1csc2ccccc12. The average Bonchev–Trinajstić information content (AvgIpc) is 2.89. The van der Waals surface area contributed by atoms with E-state index in [1.54, 1.807) is 17.4 Å². The summed E-state index contributed by atoms with van der Waals surface area (Å²) in [5.41, 5.74) is 1.92. The van der Waals surface area contributed by atoms with E-state index < -0.39 is 0 Å². The van der Waals surface area contributed by atoms with Crippen LogP contribution in [0.15, 0.2) is 47.8 Å². The van der Waals surface area contributed by atoms with Crippen molar-refractivity contribution in [1.82, 2.24) is 0 Å². The Morgan fingerprint density at radius 1 is 1.05 bits per heavy atom. The second-order valence-corrected chi connectivity index (χ2v) is 5.88. The topological polar surface area (TPSA) is 9.23 Å². The number of para-hydroxylation sites is 1. The van der Waals surface area contributed by atoms with Gasteiger partial charge in [0.2, 0.25) is 0 Å². The van der Waals surface area contributed by atoms with Crippen LogP contribution in [-0.2, 0) is 11.9 Å². The summed E-state index contributed by atoms with van der Waals surface area (Å²) in [7, 11) is 0. The summed E-state index contributed by atoms with van der Waals surface area (Å²) in [6.45, 7) is 0.380. The third-order valence-corrected chi connectivity index (χ3v) is 4.74. The molecule has 0 bridgehead atoms. The van der Waals surface area contributed by atoms with E-state index in [0.29, 0.717) is 17.7 Å². The lowest BCUT2D eigenvalue weighted by Crippen LogP contribution is -1.99. The molecule has 1 nitrogen and oxygen atoms in total. The van der Waals surface area contributed by atoms with Gasteiger partial charge in [-0.05, 0) is 22.9 Å². The number of rotatable bonds is 4. The second kappa shape index (κ2) is 5.94. The van der Waals surface area contributed by atoms with Gasteiger partial charge in [0, 0.05) is 21.2 Å². The van der Waals surface area contributed by atoms with Gasteiger partial charge < -0.3 is 4.74 Å². The first-order valence-corrected chi connectivity index (χ1v) is 8.21. The van der Waals surface area contributed by atoms with Gasteiger partial charge in [0.05, 0.1) is 0 Å². The molecule has 0 saturated carbocycles. The minimum absolute atomic E-state index is 0.318. The maximum absolute atomic E-state index is 13.8. The van der Waals surface area contributed by atoms with Crippen LogP contribution >= 0.6 is 27.3 Å². The Bertz CT molecular complexity index is 738. The Balaban J connectivity index is 1.87. The zero-order chi connectivity index (χ0) is 13.9. The van der Waals surface area contributed by atoms with E-state index in [4.69, 9.17) is 4.74 Å². The van der Waals surface area contributed by atoms with Crippen molar-refractivity contribution in [3.63, 3.8) is 0 Å². The number of alkyl halides is 1. The fraction of sp³-hybridized carbons (Fsp3) is 0.125. The van der Waals surface area contributed by atoms with Crippen LogP contribution in [0.2, 0.25) is 0 Å². The van der Waals surface area contributed by atoms with E-state index in [1.807, 2.05) is 18.2 Å². The molecule has 0 aliphatic rings. The summed E-state index contributed by atoms with van der Waals surface area (Å²) in [5.74, 6) is 0.0149. The Kier molecular flexibility index (Phi) is 4.03. The monoisotopic (exact) mass is 350 g/mol. The minimum atomic E-state index is -0.318. The third kappa shape index (κ3) is 2.58. The number of benzene rings is 2. The summed E-state index contributed by atoms with van der Waals surface area (Å²) < 4.78 is 20.8. The smallest absolute Gasteiger partial charge is 0.165 e. The molecule has 20 heavy (non-hydrogen) atoms. The molecule has 2 aromatic carbocycles. The van der Waals surface area contributed by atoms with Gasteiger partial charge in [0.25, 0.3) is 0 Å². The summed E-state index contributed by atoms with van der Waals surface area (Å²) in [6, 6.07) is 13.1. The Labute approximate surface area is 129 Å². The molecule has 0 fully saturated rings. The van der Waals surface area contributed by atoms with Gasteiger partial charge in [-0.15, -0.1) is 11.3 Å². The molecule has 0 saturated heterocycles. The Morgan fingerprint density at radius 3 is 2.75 bits per heavy atom. The molecular weight excluding hydrogens is 339 g/mol. The molecular formula is C16H12BrFOS. The molecule has 1 heterocycles. The van der Waals surface area contributed by atoms with Gasteiger partial charge in [0.15, 0.2) is 11.6 Å². The lowest BCUT2D eigenvalue weighted by molar-refractivity contribution is 0.289. The third-order valence-electron chi connectivity index (χ3n) is 3.13. The fourth-order valence-corrected chi connectivity index (χ4v) is 3.50. The van der Waals surface area contributed by atoms with Crippen molar-refractivity contribution >= 4 is 37.4 Å². The van der Waals surface area contributed by atoms with Crippen LogP contribution in [0.1, 0.15) is 11.1 Å². The minimum Gasteiger partial charge on any atom is -0.485 e. The number of hydrogen-bond donors (Lipinski definition) is 0. The van der Waals surface area contributed by atoms with Crippen molar-refractivity contribution in [1.29, 1.82) is 0 Å². The molecule has 0 aliphatic heterocycles. The van der Waals surface area contributed by atoms with E-state index in [0.717, 1.165) is 11.1 Å².